The number of carbonyl (C=O) groups excluding carboxylic acids is 1. The summed E-state index contributed by atoms with van der Waals surface area (Å²) < 4.78 is 17.6. The van der Waals surface area contributed by atoms with Crippen molar-refractivity contribution in [1.82, 2.24) is 9.55 Å². The lowest BCUT2D eigenvalue weighted by atomic mass is 10.0. The fourth-order valence-corrected chi connectivity index (χ4v) is 4.66. The van der Waals surface area contributed by atoms with Gasteiger partial charge in [0.15, 0.2) is 6.23 Å². The summed E-state index contributed by atoms with van der Waals surface area (Å²) in [6, 6.07) is 1.21. The molecule has 0 radical (unpaired) electrons. The second-order valence-corrected chi connectivity index (χ2v) is 9.88. The Morgan fingerprint density at radius 2 is 1.43 bits per heavy atom. The van der Waals surface area contributed by atoms with Gasteiger partial charge in [0.1, 0.15) is 18.3 Å². The minimum absolute atomic E-state index is 0.194. The molecule has 0 saturated carbocycles. The molecule has 0 aromatic carbocycles. The smallest absolute Gasteiger partial charge is 0.330 e. The quantitative estimate of drug-likeness (QED) is 0.174. The number of aliphatic hydroxyl groups excluding tert-OH is 2. The summed E-state index contributed by atoms with van der Waals surface area (Å²) >= 11 is 0. The Hall–Kier alpha value is -2.01. The van der Waals surface area contributed by atoms with Gasteiger partial charge >= 0.3 is 11.7 Å². The van der Waals surface area contributed by atoms with Crippen LogP contribution in [0.2, 0.25) is 0 Å². The fraction of sp³-hybridized carbons (Fsp3) is 0.815. The monoisotopic (exact) mass is 526 g/mol. The molecule has 1 aliphatic rings. The van der Waals surface area contributed by atoms with Gasteiger partial charge in [-0.1, -0.05) is 77.0 Å². The highest BCUT2D eigenvalue weighted by molar-refractivity contribution is 5.65. The van der Waals surface area contributed by atoms with Crippen LogP contribution in [0, 0.1) is 0 Å². The molecule has 0 aliphatic carbocycles. The number of nitrogens with one attached hydrogen (secondary N) is 1. The topological polar surface area (TPSA) is 140 Å². The lowest BCUT2D eigenvalue weighted by molar-refractivity contribution is -0.141. The fourth-order valence-electron chi connectivity index (χ4n) is 4.66. The van der Waals surface area contributed by atoms with Crippen LogP contribution in [0.1, 0.15) is 103 Å². The Bertz CT molecular complexity index is 870. The van der Waals surface area contributed by atoms with Gasteiger partial charge in [-0.2, -0.15) is 0 Å². The van der Waals surface area contributed by atoms with Crippen molar-refractivity contribution in [3.63, 3.8) is 0 Å². The third-order valence-corrected chi connectivity index (χ3v) is 6.77. The molecule has 3 N–H and O–H groups in total. The van der Waals surface area contributed by atoms with Gasteiger partial charge in [-0.25, -0.2) is 4.79 Å². The standard InChI is InChI=1S/C27H46N2O8/c1-21(31)35-18-14-12-10-8-6-4-2-3-5-7-9-11-13-15-19-36-25-24(33)22(20-30)37-26(25)29-17-16-23(32)28-27(29)34/h16-17,22,24-26,30,33H,2-15,18-20H2,1H3,(H,28,32,34)/t22-,24?,25-,26-/m1/s1. The molecule has 212 valence electrons. The van der Waals surface area contributed by atoms with Crippen LogP contribution in [-0.4, -0.2) is 63.9 Å². The minimum Gasteiger partial charge on any atom is -0.466 e. The number of H-pyrrole nitrogens is 1. The molecule has 1 unspecified atom stereocenters. The number of hydrogen-bond donors (Lipinski definition) is 3. The van der Waals surface area contributed by atoms with E-state index in [2.05, 4.69) is 4.98 Å². The van der Waals surface area contributed by atoms with E-state index in [1.807, 2.05) is 0 Å². The molecular weight excluding hydrogens is 480 g/mol. The van der Waals surface area contributed by atoms with E-state index in [0.717, 1.165) is 32.1 Å². The van der Waals surface area contributed by atoms with E-state index in [0.29, 0.717) is 13.2 Å². The number of rotatable bonds is 20. The second-order valence-electron chi connectivity index (χ2n) is 9.88. The van der Waals surface area contributed by atoms with E-state index in [9.17, 15) is 24.6 Å². The first-order chi connectivity index (χ1) is 17.9. The predicted octanol–water partition coefficient (Wildman–Crippen LogP) is 3.20. The first-order valence-corrected chi connectivity index (χ1v) is 13.9. The Kier molecular flexibility index (Phi) is 15.4. The van der Waals surface area contributed by atoms with Gasteiger partial charge < -0.3 is 24.4 Å². The van der Waals surface area contributed by atoms with Crippen molar-refractivity contribution in [2.45, 2.75) is 121 Å². The van der Waals surface area contributed by atoms with E-state index in [1.165, 1.54) is 81.5 Å². The van der Waals surface area contributed by atoms with Gasteiger partial charge in [-0.05, 0) is 12.8 Å². The van der Waals surface area contributed by atoms with Crippen molar-refractivity contribution in [2.75, 3.05) is 19.8 Å². The third kappa shape index (κ3) is 11.9. The van der Waals surface area contributed by atoms with Crippen molar-refractivity contribution in [2.24, 2.45) is 0 Å². The van der Waals surface area contributed by atoms with Crippen LogP contribution in [-0.2, 0) is 19.0 Å². The zero-order valence-corrected chi connectivity index (χ0v) is 22.3. The largest absolute Gasteiger partial charge is 0.466 e. The van der Waals surface area contributed by atoms with Crippen LogP contribution < -0.4 is 11.2 Å². The molecule has 0 spiro atoms. The Balaban J connectivity index is 1.47. The average molecular weight is 527 g/mol. The SMILES string of the molecule is CC(=O)OCCCCCCCCCCCCCCCCO[C@@H]1C(O)[C@@H](CO)O[C@H]1n1ccc(=O)[nH]c1=O. The molecule has 1 saturated heterocycles. The van der Waals surface area contributed by atoms with Crippen LogP contribution in [0.4, 0.5) is 0 Å². The second kappa shape index (κ2) is 18.3. The number of hydrogen-bond acceptors (Lipinski definition) is 8. The summed E-state index contributed by atoms with van der Waals surface area (Å²) in [6.07, 6.45) is 14.1. The number of aliphatic hydroxyl groups is 2. The molecule has 1 fully saturated rings. The van der Waals surface area contributed by atoms with Gasteiger partial charge in [0, 0.05) is 25.8 Å². The van der Waals surface area contributed by atoms with Gasteiger partial charge in [0.2, 0.25) is 0 Å². The molecule has 10 heteroatoms. The van der Waals surface area contributed by atoms with E-state index in [-0.39, 0.29) is 5.97 Å². The maximum absolute atomic E-state index is 12.1. The Morgan fingerprint density at radius 1 is 0.919 bits per heavy atom. The molecule has 4 atom stereocenters. The lowest BCUT2D eigenvalue weighted by Crippen LogP contribution is -2.39. The molecule has 1 aromatic heterocycles. The number of carbonyl (C=O) groups is 1. The minimum atomic E-state index is -1.07. The number of ether oxygens (including phenoxy) is 3. The first-order valence-electron chi connectivity index (χ1n) is 13.9. The highest BCUT2D eigenvalue weighted by atomic mass is 16.6. The normalized spacial score (nSPS) is 21.4. The Morgan fingerprint density at radius 3 is 1.92 bits per heavy atom. The highest BCUT2D eigenvalue weighted by Gasteiger charge is 2.45. The number of aromatic nitrogens is 2. The van der Waals surface area contributed by atoms with Crippen molar-refractivity contribution >= 4 is 5.97 Å². The molecule has 37 heavy (non-hydrogen) atoms. The molecule has 0 bridgehead atoms. The summed E-state index contributed by atoms with van der Waals surface area (Å²) in [5.41, 5.74) is -1.16. The van der Waals surface area contributed by atoms with Crippen LogP contribution >= 0.6 is 0 Å². The predicted molar refractivity (Wildman–Crippen MR) is 139 cm³/mol. The highest BCUT2D eigenvalue weighted by Crippen LogP contribution is 2.30. The van der Waals surface area contributed by atoms with Crippen molar-refractivity contribution in [3.05, 3.63) is 33.1 Å². The maximum atomic E-state index is 12.1. The first kappa shape index (κ1) is 31.2. The molecule has 10 nitrogen and oxygen atoms in total. The van der Waals surface area contributed by atoms with Gasteiger partial charge in [0.05, 0.1) is 13.2 Å². The maximum Gasteiger partial charge on any atom is 0.330 e. The number of esters is 1. The zero-order valence-electron chi connectivity index (χ0n) is 22.3. The summed E-state index contributed by atoms with van der Waals surface area (Å²) in [5.74, 6) is -0.194. The molecular formula is C27H46N2O8. The molecule has 2 heterocycles. The molecule has 0 amide bonds. The Labute approximate surface area is 219 Å². The van der Waals surface area contributed by atoms with E-state index >= 15 is 0 Å². The van der Waals surface area contributed by atoms with Crippen LogP contribution in [0.25, 0.3) is 0 Å². The van der Waals surface area contributed by atoms with Crippen molar-refractivity contribution < 1.29 is 29.2 Å². The summed E-state index contributed by atoms with van der Waals surface area (Å²) in [4.78, 5) is 36.3. The van der Waals surface area contributed by atoms with Crippen LogP contribution in [0.15, 0.2) is 21.9 Å². The van der Waals surface area contributed by atoms with E-state index < -0.39 is 42.4 Å². The number of nitrogens with zero attached hydrogens (tertiary/aromatic N) is 1. The van der Waals surface area contributed by atoms with Gasteiger partial charge in [0.25, 0.3) is 5.56 Å². The third-order valence-electron chi connectivity index (χ3n) is 6.77. The lowest BCUT2D eigenvalue weighted by Gasteiger charge is -2.22. The van der Waals surface area contributed by atoms with Crippen molar-refractivity contribution in [1.29, 1.82) is 0 Å². The molecule has 1 aromatic rings. The number of aromatic amines is 1. The zero-order chi connectivity index (χ0) is 26.9. The number of unbranched alkanes of at least 4 members (excludes halogenated alkanes) is 13. The average Bonchev–Trinajstić information content (AvgIpc) is 3.18. The van der Waals surface area contributed by atoms with Gasteiger partial charge in [-0.15, -0.1) is 0 Å². The van der Waals surface area contributed by atoms with Crippen LogP contribution in [0.3, 0.4) is 0 Å². The summed E-state index contributed by atoms with van der Waals surface area (Å²) in [5, 5.41) is 19.9. The molecule has 2 rings (SSSR count). The van der Waals surface area contributed by atoms with E-state index in [4.69, 9.17) is 14.2 Å². The van der Waals surface area contributed by atoms with Crippen LogP contribution in [0.5, 0.6) is 0 Å². The molecule has 1 aliphatic heterocycles. The summed E-state index contributed by atoms with van der Waals surface area (Å²) in [6.45, 7) is 2.02. The van der Waals surface area contributed by atoms with E-state index in [1.54, 1.807) is 0 Å². The summed E-state index contributed by atoms with van der Waals surface area (Å²) in [7, 11) is 0. The van der Waals surface area contributed by atoms with Crippen molar-refractivity contribution in [3.8, 4) is 0 Å². The van der Waals surface area contributed by atoms with Gasteiger partial charge in [-0.3, -0.25) is 19.1 Å².